The molecule has 1 N–H and O–H groups in total. The summed E-state index contributed by atoms with van der Waals surface area (Å²) in [5.41, 5.74) is 2.53. The van der Waals surface area contributed by atoms with E-state index in [2.05, 4.69) is 62.4 Å². The summed E-state index contributed by atoms with van der Waals surface area (Å²) in [6.07, 6.45) is 3.00. The van der Waals surface area contributed by atoms with Crippen LogP contribution < -0.4 is 5.32 Å². The molecule has 1 atom stereocenters. The minimum atomic E-state index is 0.231. The zero-order valence-corrected chi connectivity index (χ0v) is 13.1. The number of nitrogens with zero attached hydrogens (tertiary/aromatic N) is 2. The highest BCUT2D eigenvalue weighted by atomic mass is 79.9. The third kappa shape index (κ3) is 3.02. The Labute approximate surface area is 120 Å². The highest BCUT2D eigenvalue weighted by Gasteiger charge is 2.18. The van der Waals surface area contributed by atoms with Gasteiger partial charge in [0, 0.05) is 12.7 Å². The third-order valence-electron chi connectivity index (χ3n) is 2.86. The molecule has 0 aromatic carbocycles. The first-order valence-corrected chi connectivity index (χ1v) is 7.92. The average molecular weight is 328 g/mol. The van der Waals surface area contributed by atoms with Crippen molar-refractivity contribution in [2.24, 2.45) is 0 Å². The van der Waals surface area contributed by atoms with Gasteiger partial charge in [0.05, 0.1) is 15.5 Å². The largest absolute Gasteiger partial charge is 0.305 e. The molecular formula is C13H18BrN3S. The van der Waals surface area contributed by atoms with Crippen LogP contribution in [0, 0.1) is 0 Å². The predicted octanol–water partition coefficient (Wildman–Crippen LogP) is 3.82. The maximum absolute atomic E-state index is 4.36. The molecule has 2 aromatic heterocycles. The Morgan fingerprint density at radius 2 is 2.33 bits per heavy atom. The molecule has 0 fully saturated rings. The number of hydrogen-bond donors (Lipinski definition) is 1. The Morgan fingerprint density at radius 3 is 2.94 bits per heavy atom. The van der Waals surface area contributed by atoms with E-state index in [0.717, 1.165) is 19.5 Å². The molecule has 1 unspecified atom stereocenters. The summed E-state index contributed by atoms with van der Waals surface area (Å²) in [6.45, 7) is 6.21. The molecule has 0 radical (unpaired) electrons. The summed E-state index contributed by atoms with van der Waals surface area (Å²) in [4.78, 5) is 0. The first-order chi connectivity index (χ1) is 8.76. The lowest BCUT2D eigenvalue weighted by atomic mass is 10.1. The van der Waals surface area contributed by atoms with E-state index in [1.165, 1.54) is 15.0 Å². The van der Waals surface area contributed by atoms with Gasteiger partial charge in [0.1, 0.15) is 0 Å². The third-order valence-corrected chi connectivity index (χ3v) is 4.39. The van der Waals surface area contributed by atoms with Crippen molar-refractivity contribution in [1.29, 1.82) is 0 Å². The lowest BCUT2D eigenvalue weighted by Gasteiger charge is -2.18. The van der Waals surface area contributed by atoms with Crippen molar-refractivity contribution in [3.63, 3.8) is 0 Å². The van der Waals surface area contributed by atoms with Gasteiger partial charge in [-0.05, 0) is 58.9 Å². The quantitative estimate of drug-likeness (QED) is 0.874. The Morgan fingerprint density at radius 1 is 1.50 bits per heavy atom. The lowest BCUT2D eigenvalue weighted by molar-refractivity contribution is 0.530. The number of aryl methyl sites for hydroxylation is 1. The van der Waals surface area contributed by atoms with Gasteiger partial charge in [-0.3, -0.25) is 4.68 Å². The lowest BCUT2D eigenvalue weighted by Crippen LogP contribution is -2.25. The fourth-order valence-electron chi connectivity index (χ4n) is 2.01. The van der Waals surface area contributed by atoms with Gasteiger partial charge in [0.2, 0.25) is 0 Å². The van der Waals surface area contributed by atoms with Gasteiger partial charge in [-0.25, -0.2) is 0 Å². The van der Waals surface area contributed by atoms with Gasteiger partial charge >= 0.3 is 0 Å². The molecule has 3 nitrogen and oxygen atoms in total. The van der Waals surface area contributed by atoms with Crippen LogP contribution in [-0.4, -0.2) is 16.3 Å². The summed E-state index contributed by atoms with van der Waals surface area (Å²) in [5.74, 6) is 0. The molecule has 5 heteroatoms. The Balaban J connectivity index is 2.30. The number of thiophene rings is 1. The smallest absolute Gasteiger partial charge is 0.0756 e. The predicted molar refractivity (Wildman–Crippen MR) is 80.1 cm³/mol. The SMILES string of the molecule is CCCNC(c1csc(Br)c1)c1ccnn1CC. The molecule has 0 aliphatic rings. The normalized spacial score (nSPS) is 12.8. The number of hydrogen-bond acceptors (Lipinski definition) is 3. The molecule has 18 heavy (non-hydrogen) atoms. The molecule has 0 saturated heterocycles. The Kier molecular flexibility index (Phi) is 4.97. The van der Waals surface area contributed by atoms with Gasteiger partial charge in [-0.1, -0.05) is 6.92 Å². The zero-order chi connectivity index (χ0) is 13.0. The minimum absolute atomic E-state index is 0.231. The fourth-order valence-corrected chi connectivity index (χ4v) is 3.21. The van der Waals surface area contributed by atoms with Crippen molar-refractivity contribution in [1.82, 2.24) is 15.1 Å². The summed E-state index contributed by atoms with van der Waals surface area (Å²) in [7, 11) is 0. The molecule has 0 spiro atoms. The molecule has 2 heterocycles. The summed E-state index contributed by atoms with van der Waals surface area (Å²) < 4.78 is 3.22. The van der Waals surface area contributed by atoms with Gasteiger partial charge in [-0.15, -0.1) is 11.3 Å². The zero-order valence-electron chi connectivity index (χ0n) is 10.7. The van der Waals surface area contributed by atoms with E-state index >= 15 is 0 Å². The molecule has 98 valence electrons. The first kappa shape index (κ1) is 13.8. The van der Waals surface area contributed by atoms with Gasteiger partial charge < -0.3 is 5.32 Å². The van der Waals surface area contributed by atoms with E-state index in [0.29, 0.717) is 0 Å². The van der Waals surface area contributed by atoms with E-state index in [-0.39, 0.29) is 6.04 Å². The number of aromatic nitrogens is 2. The molecule has 2 aromatic rings. The van der Waals surface area contributed by atoms with Crippen molar-refractivity contribution in [3.8, 4) is 0 Å². The fraction of sp³-hybridized carbons (Fsp3) is 0.462. The highest BCUT2D eigenvalue weighted by Crippen LogP contribution is 2.29. The van der Waals surface area contributed by atoms with Crippen molar-refractivity contribution < 1.29 is 0 Å². The first-order valence-electron chi connectivity index (χ1n) is 6.25. The van der Waals surface area contributed by atoms with Crippen LogP contribution >= 0.6 is 27.3 Å². The molecule has 0 saturated carbocycles. The second kappa shape index (κ2) is 6.50. The number of rotatable bonds is 6. The van der Waals surface area contributed by atoms with Gasteiger partial charge in [0.15, 0.2) is 0 Å². The van der Waals surface area contributed by atoms with Crippen molar-refractivity contribution >= 4 is 27.3 Å². The van der Waals surface area contributed by atoms with Gasteiger partial charge in [-0.2, -0.15) is 5.10 Å². The number of halogens is 1. The van der Waals surface area contributed by atoms with Crippen molar-refractivity contribution in [2.75, 3.05) is 6.54 Å². The average Bonchev–Trinajstić information content (AvgIpc) is 2.99. The maximum Gasteiger partial charge on any atom is 0.0756 e. The van der Waals surface area contributed by atoms with Crippen LogP contribution in [0.1, 0.15) is 37.6 Å². The molecule has 0 amide bonds. The van der Waals surface area contributed by atoms with Crippen LogP contribution in [0.4, 0.5) is 0 Å². The Bertz CT molecular complexity index is 492. The van der Waals surface area contributed by atoms with E-state index in [1.54, 1.807) is 11.3 Å². The van der Waals surface area contributed by atoms with Crippen LogP contribution in [0.25, 0.3) is 0 Å². The Hall–Kier alpha value is -0.650. The summed E-state index contributed by atoms with van der Waals surface area (Å²) in [5, 5.41) is 10.2. The van der Waals surface area contributed by atoms with Crippen LogP contribution in [0.3, 0.4) is 0 Å². The monoisotopic (exact) mass is 327 g/mol. The van der Waals surface area contributed by atoms with Crippen LogP contribution in [0.15, 0.2) is 27.5 Å². The minimum Gasteiger partial charge on any atom is -0.305 e. The standard InChI is InChI=1S/C13H18BrN3S/c1-3-6-15-13(10-8-12(14)18-9-10)11-5-7-16-17(11)4-2/h5,7-9,13,15H,3-4,6H2,1-2H3. The number of nitrogens with one attached hydrogen (secondary N) is 1. The topological polar surface area (TPSA) is 29.9 Å². The van der Waals surface area contributed by atoms with Crippen LogP contribution in [-0.2, 0) is 6.54 Å². The van der Waals surface area contributed by atoms with E-state index in [9.17, 15) is 0 Å². The summed E-state index contributed by atoms with van der Waals surface area (Å²) in [6, 6.07) is 4.52. The molecule has 0 aliphatic carbocycles. The van der Waals surface area contributed by atoms with E-state index < -0.39 is 0 Å². The van der Waals surface area contributed by atoms with Gasteiger partial charge in [0.25, 0.3) is 0 Å². The molecule has 0 bridgehead atoms. The van der Waals surface area contributed by atoms with Crippen LogP contribution in [0.2, 0.25) is 0 Å². The second-order valence-corrected chi connectivity index (χ2v) is 6.43. The summed E-state index contributed by atoms with van der Waals surface area (Å²) >= 11 is 5.26. The maximum atomic E-state index is 4.36. The second-order valence-electron chi connectivity index (χ2n) is 4.14. The van der Waals surface area contributed by atoms with Crippen molar-refractivity contribution in [3.05, 3.63) is 38.8 Å². The van der Waals surface area contributed by atoms with E-state index in [1.807, 2.05) is 6.20 Å². The van der Waals surface area contributed by atoms with Crippen molar-refractivity contribution in [2.45, 2.75) is 32.9 Å². The van der Waals surface area contributed by atoms with E-state index in [4.69, 9.17) is 0 Å². The molecular weight excluding hydrogens is 310 g/mol. The molecule has 0 aliphatic heterocycles. The molecule has 2 rings (SSSR count). The van der Waals surface area contributed by atoms with Crippen LogP contribution in [0.5, 0.6) is 0 Å². The highest BCUT2D eigenvalue weighted by molar-refractivity contribution is 9.11.